The molecule has 0 radical (unpaired) electrons. The normalized spacial score (nSPS) is 37.1. The van der Waals surface area contributed by atoms with Crippen LogP contribution in [0.2, 0.25) is 1.41 Å². The number of hydrogen-bond acceptors (Lipinski definition) is 5. The van der Waals surface area contributed by atoms with Crippen LogP contribution < -0.4 is 10.9 Å². The monoisotopic (exact) mass is 393 g/mol. The van der Waals surface area contributed by atoms with Gasteiger partial charge in [0.05, 0.1) is 8.13 Å². The van der Waals surface area contributed by atoms with Gasteiger partial charge in [0.1, 0.15) is 16.1 Å². The third-order valence-corrected chi connectivity index (χ3v) is 4.38. The van der Waals surface area contributed by atoms with Crippen molar-refractivity contribution in [1.29, 1.82) is 0 Å². The van der Waals surface area contributed by atoms with Crippen molar-refractivity contribution >= 4 is 27.5 Å². The number of hydrogen-bond donors (Lipinski definition) is 2. The largest absolute Gasteiger partial charge is 0.506 e. The first-order chi connectivity index (χ1) is 18.6. The predicted octanol–water partition coefficient (Wildman–Crippen LogP) is 2.96. The van der Waals surface area contributed by atoms with Crippen LogP contribution in [-0.4, -0.2) is 46.6 Å². The van der Waals surface area contributed by atoms with Crippen LogP contribution in [0.15, 0.2) is 16.2 Å². The Bertz CT molecular complexity index is 1430. The minimum Gasteiger partial charge on any atom is -0.506 e. The lowest BCUT2D eigenvalue weighted by molar-refractivity contribution is 0.0946. The zero-order valence-electron chi connectivity index (χ0n) is 29.7. The number of carbonyl (C=O) groups excluding carboxylic acids is 1. The summed E-state index contributed by atoms with van der Waals surface area (Å²) in [6, 6.07) is -1.64. The maximum Gasteiger partial charge on any atom is 0.268 e. The van der Waals surface area contributed by atoms with Gasteiger partial charge < -0.3 is 15.3 Å². The van der Waals surface area contributed by atoms with Gasteiger partial charge in [-0.1, -0.05) is 6.37 Å². The van der Waals surface area contributed by atoms with Crippen molar-refractivity contribution in [1.82, 2.24) is 14.8 Å². The highest BCUT2D eigenvalue weighted by Gasteiger charge is 2.23. The molecule has 0 spiro atoms. The number of rotatable bonds is 6. The zero-order valence-corrected chi connectivity index (χ0v) is 14.5. The van der Waals surface area contributed by atoms with Gasteiger partial charge in [-0.25, -0.2) is 0 Å². The van der Waals surface area contributed by atoms with Crippen LogP contribution >= 0.6 is 11.3 Å². The second-order valence-corrected chi connectivity index (χ2v) is 6.15. The first kappa shape index (κ1) is 7.28. The van der Waals surface area contributed by atoms with Gasteiger partial charge in [0.2, 0.25) is 0 Å². The first-order valence-corrected chi connectivity index (χ1v) is 8.41. The highest BCUT2D eigenvalue weighted by atomic mass is 32.1. The Morgan fingerprint density at radius 2 is 2.35 bits per heavy atom. The number of thiophene rings is 1. The molecule has 1 fully saturated rings. The summed E-state index contributed by atoms with van der Waals surface area (Å²) >= 11 is 0.571. The van der Waals surface area contributed by atoms with Gasteiger partial charge >= 0.3 is 0 Å². The topological polar surface area (TPSA) is 74.6 Å². The molecule has 142 valence electrons. The standard InChI is InChI=1S/C19H27N3O3S/c1-13(2)22-18(25)15(16(23)14-7-12-26-19(14)22)17(24)20-8-6-11-21-9-4-3-5-10-21/h7,12-13,23H,3-6,8-11H2,1-2H3,(H,20,24)/i1D3,3D2,4D2,5D2,9D2,10D2,12D,13D/hD. The fourth-order valence-electron chi connectivity index (χ4n) is 2.38. The SMILES string of the molecule is [2H]c1cc2c(O)c(C(=O)N([2H])CCCN3C([2H])([2H])C([2H])([2H])C([2H])([2H])C([2H])([2H])C3([2H])[2H])c(=O)n(C([2H])(C)C([2H])([2H])[2H])c2s1. The van der Waals surface area contributed by atoms with Crippen molar-refractivity contribution in [2.24, 2.45) is 0 Å². The number of likely N-dealkylation sites (tertiary alicyclic amines) is 1. The number of aromatic nitrogens is 1. The lowest BCUT2D eigenvalue weighted by Crippen LogP contribution is -2.36. The van der Waals surface area contributed by atoms with Gasteiger partial charge in [-0.3, -0.25) is 14.2 Å². The summed E-state index contributed by atoms with van der Waals surface area (Å²) in [4.78, 5) is 26.4. The number of piperidine rings is 1. The molecule has 2 aromatic heterocycles. The molecule has 0 bridgehead atoms. The average molecular weight is 394 g/mol. The summed E-state index contributed by atoms with van der Waals surface area (Å²) in [5.41, 5.74) is -2.53. The number of carbonyl (C=O) groups is 1. The van der Waals surface area contributed by atoms with Crippen LogP contribution in [0.4, 0.5) is 0 Å². The molecule has 3 heterocycles. The van der Waals surface area contributed by atoms with E-state index in [1.54, 1.807) is 0 Å². The van der Waals surface area contributed by atoms with Crippen LogP contribution in [0, 0.1) is 0 Å². The molecule has 1 aliphatic rings. The van der Waals surface area contributed by atoms with Crippen molar-refractivity contribution in [2.45, 2.75) is 45.3 Å². The lowest BCUT2D eigenvalue weighted by atomic mass is 10.1. The number of fused-ring (bicyclic) bond motifs is 1. The molecule has 1 saturated heterocycles. The molecule has 6 nitrogen and oxygen atoms in total. The highest BCUT2D eigenvalue weighted by molar-refractivity contribution is 7.16. The van der Waals surface area contributed by atoms with Crippen LogP contribution in [0.25, 0.3) is 10.2 Å². The van der Waals surface area contributed by atoms with E-state index in [1.165, 1.54) is 0 Å². The van der Waals surface area contributed by atoms with E-state index < -0.39 is 87.3 Å². The first-order valence-electron chi connectivity index (χ1n) is 15.5. The molecule has 2 N–H and O–H groups in total. The lowest BCUT2D eigenvalue weighted by Gasteiger charge is -2.26. The maximum absolute atomic E-state index is 13.4. The van der Waals surface area contributed by atoms with Crippen molar-refractivity contribution in [3.8, 4) is 5.75 Å². The summed E-state index contributed by atoms with van der Waals surface area (Å²) in [6.45, 7) is -10.6. The fraction of sp³-hybridized carbons (Fsp3) is 0.579. The summed E-state index contributed by atoms with van der Waals surface area (Å²) in [5.74, 6) is -2.46. The summed E-state index contributed by atoms with van der Waals surface area (Å²) in [7, 11) is 0. The number of nitrogens with zero attached hydrogens (tertiary/aromatic N) is 2. The molecule has 26 heavy (non-hydrogen) atoms. The summed E-state index contributed by atoms with van der Waals surface area (Å²) in [6.07, 6.45) is -11.2. The molecule has 1 amide bonds. The average Bonchev–Trinajstić information content (AvgIpc) is 3.20. The Balaban J connectivity index is 1.98. The van der Waals surface area contributed by atoms with Crippen LogP contribution in [0.1, 0.15) is 76.3 Å². The van der Waals surface area contributed by atoms with E-state index in [1.807, 2.05) is 0 Å². The fourth-order valence-corrected chi connectivity index (χ4v) is 3.25. The molecule has 0 aliphatic carbocycles. The van der Waals surface area contributed by atoms with Gasteiger partial charge in [-0.15, -0.1) is 11.3 Å². The molecule has 2 aromatic rings. The van der Waals surface area contributed by atoms with Crippen molar-refractivity contribution < 1.29 is 31.9 Å². The molecular weight excluding hydrogens is 350 g/mol. The van der Waals surface area contributed by atoms with E-state index in [4.69, 9.17) is 22.0 Å². The Kier molecular flexibility index (Phi) is 2.30. The van der Waals surface area contributed by atoms with Gasteiger partial charge in [0, 0.05) is 30.4 Å². The Morgan fingerprint density at radius 1 is 1.58 bits per heavy atom. The van der Waals surface area contributed by atoms with Crippen molar-refractivity contribution in [3.05, 3.63) is 27.3 Å². The van der Waals surface area contributed by atoms with Crippen LogP contribution in [0.3, 0.4) is 0 Å². The Hall–Kier alpha value is -1.86. The van der Waals surface area contributed by atoms with E-state index in [0.717, 1.165) is 13.0 Å². The molecule has 0 aromatic carbocycles. The van der Waals surface area contributed by atoms with E-state index in [0.29, 0.717) is 15.9 Å². The highest BCUT2D eigenvalue weighted by Crippen LogP contribution is 2.31. The van der Waals surface area contributed by atoms with Crippen molar-refractivity contribution in [2.75, 3.05) is 26.1 Å². The van der Waals surface area contributed by atoms with E-state index in [2.05, 4.69) is 0 Å². The molecule has 0 saturated carbocycles. The Morgan fingerprint density at radius 3 is 3.08 bits per heavy atom. The quantitative estimate of drug-likeness (QED) is 0.791. The van der Waals surface area contributed by atoms with Gasteiger partial charge in [0.25, 0.3) is 11.5 Å². The summed E-state index contributed by atoms with van der Waals surface area (Å²) < 4.78 is 128. The predicted molar refractivity (Wildman–Crippen MR) is 105 cm³/mol. The second kappa shape index (κ2) is 8.22. The number of amides is 1. The zero-order chi connectivity index (χ0) is 32.8. The molecule has 1 aliphatic heterocycles. The van der Waals surface area contributed by atoms with E-state index in [-0.39, 0.29) is 25.8 Å². The molecule has 3 rings (SSSR count). The minimum absolute atomic E-state index is 0.106. The third kappa shape index (κ3) is 3.78. The number of pyridine rings is 1. The smallest absolute Gasteiger partial charge is 0.268 e. The molecular formula is C19H27N3O3S. The number of nitrogens with one attached hydrogen (secondary N) is 1. The maximum atomic E-state index is 13.4. The van der Waals surface area contributed by atoms with E-state index >= 15 is 0 Å². The van der Waals surface area contributed by atoms with Gasteiger partial charge in [-0.2, -0.15) is 0 Å². The Labute approximate surface area is 180 Å². The van der Waals surface area contributed by atoms with Crippen LogP contribution in [-0.2, 0) is 0 Å². The van der Waals surface area contributed by atoms with Crippen molar-refractivity contribution in [3.63, 3.8) is 0 Å². The summed E-state index contributed by atoms with van der Waals surface area (Å²) in [5, 5.41) is 10.3. The van der Waals surface area contributed by atoms with Gasteiger partial charge in [-0.05, 0) is 63.9 Å². The van der Waals surface area contributed by atoms with E-state index in [9.17, 15) is 14.7 Å². The number of aromatic hydroxyl groups is 1. The third-order valence-electron chi connectivity index (χ3n) is 3.55. The molecule has 7 heteroatoms. The molecule has 1 unspecified atom stereocenters. The molecule has 1 atom stereocenters. The minimum atomic E-state index is -3.61. The second-order valence-electron chi connectivity index (χ2n) is 5.32. The van der Waals surface area contributed by atoms with Crippen LogP contribution in [0.5, 0.6) is 5.75 Å². The van der Waals surface area contributed by atoms with Gasteiger partial charge in [0.15, 0.2) is 1.41 Å².